The Labute approximate surface area is 146 Å². The lowest BCUT2D eigenvalue weighted by molar-refractivity contribution is -0.136. The van der Waals surface area contributed by atoms with Crippen LogP contribution in [0.1, 0.15) is 6.42 Å². The Morgan fingerprint density at radius 2 is 2.04 bits per heavy atom. The molecule has 1 fully saturated rings. The van der Waals surface area contributed by atoms with Crippen LogP contribution in [0.3, 0.4) is 0 Å². The first kappa shape index (κ1) is 18.8. The average molecular weight is 357 g/mol. The van der Waals surface area contributed by atoms with Crippen molar-refractivity contribution in [2.75, 3.05) is 33.9 Å². The maximum absolute atomic E-state index is 11.4. The number of nitrogens with zero attached hydrogens (tertiary/aromatic N) is 1. The average Bonchev–Trinajstić information content (AvgIpc) is 3.01. The van der Waals surface area contributed by atoms with Gasteiger partial charge in [0.15, 0.2) is 5.11 Å². The van der Waals surface area contributed by atoms with Crippen molar-refractivity contribution < 1.29 is 24.2 Å². The van der Waals surface area contributed by atoms with Gasteiger partial charge < -0.3 is 25.2 Å². The number of hydrogen-bond donors (Lipinski definition) is 3. The zero-order chi connectivity index (χ0) is 17.7. The van der Waals surface area contributed by atoms with E-state index in [1.165, 1.54) is 12.2 Å². The van der Waals surface area contributed by atoms with Crippen LogP contribution in [0.4, 0.5) is 0 Å². The number of amides is 2. The van der Waals surface area contributed by atoms with Crippen molar-refractivity contribution in [1.82, 2.24) is 15.5 Å². The van der Waals surface area contributed by atoms with Gasteiger partial charge in [-0.15, -0.1) is 0 Å². The zero-order valence-electron chi connectivity index (χ0n) is 13.7. The SMILES string of the molecule is COC[C@H]1C[C@H](NC(=S)NCCN2C(=O)C=CC2=O)[C@@H](OC)C1O. The largest absolute Gasteiger partial charge is 0.390 e. The summed E-state index contributed by atoms with van der Waals surface area (Å²) in [4.78, 5) is 24.0. The molecule has 1 saturated carbocycles. The summed E-state index contributed by atoms with van der Waals surface area (Å²) in [5.74, 6) is -0.658. The first-order valence-corrected chi connectivity index (χ1v) is 8.16. The molecule has 0 aromatic heterocycles. The number of ether oxygens (including phenoxy) is 2. The fourth-order valence-corrected chi connectivity index (χ4v) is 3.34. The number of carbonyl (C=O) groups excluding carboxylic acids is 2. The van der Waals surface area contributed by atoms with Crippen molar-refractivity contribution >= 4 is 29.1 Å². The van der Waals surface area contributed by atoms with Gasteiger partial charge in [0.1, 0.15) is 6.10 Å². The highest BCUT2D eigenvalue weighted by Crippen LogP contribution is 2.28. The van der Waals surface area contributed by atoms with Gasteiger partial charge >= 0.3 is 0 Å². The van der Waals surface area contributed by atoms with E-state index >= 15 is 0 Å². The number of rotatable bonds is 7. The van der Waals surface area contributed by atoms with Gasteiger partial charge in [0.2, 0.25) is 0 Å². The molecule has 1 aliphatic heterocycles. The van der Waals surface area contributed by atoms with E-state index in [0.29, 0.717) is 24.7 Å². The van der Waals surface area contributed by atoms with Gasteiger partial charge in [-0.3, -0.25) is 14.5 Å². The van der Waals surface area contributed by atoms with E-state index in [1.807, 2.05) is 0 Å². The van der Waals surface area contributed by atoms with Crippen LogP contribution in [-0.2, 0) is 19.1 Å². The van der Waals surface area contributed by atoms with Crippen LogP contribution in [0.2, 0.25) is 0 Å². The minimum Gasteiger partial charge on any atom is -0.390 e. The minimum atomic E-state index is -0.624. The van der Waals surface area contributed by atoms with Crippen molar-refractivity contribution in [3.05, 3.63) is 12.2 Å². The normalized spacial score (nSPS) is 29.4. The molecule has 0 spiro atoms. The van der Waals surface area contributed by atoms with E-state index in [4.69, 9.17) is 21.7 Å². The Hall–Kier alpha value is -1.55. The monoisotopic (exact) mass is 357 g/mol. The number of aliphatic hydroxyl groups is 1. The van der Waals surface area contributed by atoms with Crippen LogP contribution in [0.5, 0.6) is 0 Å². The second-order valence-electron chi connectivity index (χ2n) is 5.81. The van der Waals surface area contributed by atoms with Crippen molar-refractivity contribution in [3.63, 3.8) is 0 Å². The summed E-state index contributed by atoms with van der Waals surface area (Å²) in [6.07, 6.45) is 2.16. The van der Waals surface area contributed by atoms with Gasteiger partial charge in [-0.25, -0.2) is 0 Å². The number of imide groups is 1. The van der Waals surface area contributed by atoms with Crippen LogP contribution in [0, 0.1) is 5.92 Å². The molecule has 134 valence electrons. The van der Waals surface area contributed by atoms with E-state index in [2.05, 4.69) is 10.6 Å². The van der Waals surface area contributed by atoms with Gasteiger partial charge in [0, 0.05) is 45.4 Å². The molecule has 1 heterocycles. The predicted molar refractivity (Wildman–Crippen MR) is 90.2 cm³/mol. The third kappa shape index (κ3) is 4.29. The van der Waals surface area contributed by atoms with Crippen molar-refractivity contribution in [2.45, 2.75) is 24.7 Å². The quantitative estimate of drug-likeness (QED) is 0.385. The highest BCUT2D eigenvalue weighted by atomic mass is 32.1. The smallest absolute Gasteiger partial charge is 0.253 e. The maximum Gasteiger partial charge on any atom is 0.253 e. The fourth-order valence-electron chi connectivity index (χ4n) is 3.08. The summed E-state index contributed by atoms with van der Waals surface area (Å²) in [7, 11) is 3.14. The minimum absolute atomic E-state index is 0.0221. The molecular weight excluding hydrogens is 334 g/mol. The van der Waals surface area contributed by atoms with Crippen molar-refractivity contribution in [2.24, 2.45) is 5.92 Å². The highest BCUT2D eigenvalue weighted by molar-refractivity contribution is 7.80. The van der Waals surface area contributed by atoms with Gasteiger partial charge in [-0.1, -0.05) is 0 Å². The zero-order valence-corrected chi connectivity index (χ0v) is 14.5. The Kier molecular flexibility index (Phi) is 6.67. The number of methoxy groups -OCH3 is 2. The lowest BCUT2D eigenvalue weighted by Crippen LogP contribution is -2.49. The molecule has 0 aromatic carbocycles. The fraction of sp³-hybridized carbons (Fsp3) is 0.667. The molecular formula is C15H23N3O5S. The van der Waals surface area contributed by atoms with E-state index in [0.717, 1.165) is 4.90 Å². The number of nitrogens with one attached hydrogen (secondary N) is 2. The summed E-state index contributed by atoms with van der Waals surface area (Å²) in [6, 6.07) is -0.137. The third-order valence-electron chi connectivity index (χ3n) is 4.26. The van der Waals surface area contributed by atoms with E-state index in [1.54, 1.807) is 14.2 Å². The van der Waals surface area contributed by atoms with Crippen molar-refractivity contribution in [1.29, 1.82) is 0 Å². The van der Waals surface area contributed by atoms with Gasteiger partial charge in [0.25, 0.3) is 11.8 Å². The summed E-state index contributed by atoms with van der Waals surface area (Å²) >= 11 is 5.24. The molecule has 0 aromatic rings. The Bertz CT molecular complexity index is 509. The maximum atomic E-state index is 11.4. The van der Waals surface area contributed by atoms with Crippen LogP contribution < -0.4 is 10.6 Å². The van der Waals surface area contributed by atoms with Crippen LogP contribution in [-0.4, -0.2) is 79.1 Å². The molecule has 24 heavy (non-hydrogen) atoms. The Balaban J connectivity index is 1.77. The van der Waals surface area contributed by atoms with Crippen molar-refractivity contribution in [3.8, 4) is 0 Å². The van der Waals surface area contributed by atoms with Gasteiger partial charge in [-0.05, 0) is 18.6 Å². The summed E-state index contributed by atoms with van der Waals surface area (Å²) in [5, 5.41) is 16.7. The second kappa shape index (κ2) is 8.52. The Morgan fingerprint density at radius 3 is 2.62 bits per heavy atom. The van der Waals surface area contributed by atoms with Gasteiger partial charge in [0.05, 0.1) is 18.8 Å². The number of aliphatic hydroxyl groups excluding tert-OH is 1. The topological polar surface area (TPSA) is 100 Å². The molecule has 1 unspecified atom stereocenters. The molecule has 2 rings (SSSR count). The molecule has 1 aliphatic carbocycles. The molecule has 2 amide bonds. The highest BCUT2D eigenvalue weighted by Gasteiger charge is 2.43. The van der Waals surface area contributed by atoms with E-state index < -0.39 is 6.10 Å². The lowest BCUT2D eigenvalue weighted by Gasteiger charge is -2.23. The lowest BCUT2D eigenvalue weighted by atomic mass is 10.1. The molecule has 8 nitrogen and oxygen atoms in total. The molecule has 4 atom stereocenters. The molecule has 2 aliphatic rings. The Morgan fingerprint density at radius 1 is 1.38 bits per heavy atom. The molecule has 0 saturated heterocycles. The van der Waals surface area contributed by atoms with E-state index in [9.17, 15) is 14.7 Å². The third-order valence-corrected chi connectivity index (χ3v) is 4.53. The second-order valence-corrected chi connectivity index (χ2v) is 6.22. The molecule has 9 heteroatoms. The number of carbonyl (C=O) groups is 2. The summed E-state index contributed by atoms with van der Waals surface area (Å²) in [6.45, 7) is 1.03. The molecule has 0 bridgehead atoms. The van der Waals surface area contributed by atoms with Gasteiger partial charge in [-0.2, -0.15) is 0 Å². The number of hydrogen-bond acceptors (Lipinski definition) is 6. The van der Waals surface area contributed by atoms with Crippen LogP contribution >= 0.6 is 12.2 Å². The predicted octanol–water partition coefficient (Wildman–Crippen LogP) is -1.21. The van der Waals surface area contributed by atoms with Crippen LogP contribution in [0.25, 0.3) is 0 Å². The molecule has 3 N–H and O–H groups in total. The first-order valence-electron chi connectivity index (χ1n) is 7.75. The van der Waals surface area contributed by atoms with Crippen LogP contribution in [0.15, 0.2) is 12.2 Å². The summed E-state index contributed by atoms with van der Waals surface area (Å²) in [5.41, 5.74) is 0. The summed E-state index contributed by atoms with van der Waals surface area (Å²) < 4.78 is 10.5. The first-order chi connectivity index (χ1) is 11.5. The standard InChI is InChI=1S/C15H23N3O5S/c1-22-8-9-7-10(14(23-2)13(9)21)17-15(24)16-5-6-18-11(19)3-4-12(18)20/h3-4,9-10,13-14,21H,5-8H2,1-2H3,(H2,16,17,24)/t9-,10+,13?,14-/m1/s1. The number of thiocarbonyl (C=S) groups is 1. The molecule has 0 radical (unpaired) electrons. The van der Waals surface area contributed by atoms with E-state index in [-0.39, 0.29) is 36.4 Å².